The van der Waals surface area contributed by atoms with Crippen molar-refractivity contribution in [1.29, 1.82) is 0 Å². The topological polar surface area (TPSA) is 84.2 Å². The standard InChI is InChI=1S/C14H21N3O3/c1-10-7-11(2)17(16-10)9-12(18)15-14(8-13(19)20)5-3-4-6-14/h7H,3-6,8-9H2,1-2H3,(H,15,18)(H,19,20). The van der Waals surface area contributed by atoms with Gasteiger partial charge in [0.05, 0.1) is 17.7 Å². The lowest BCUT2D eigenvalue weighted by atomic mass is 9.93. The molecular weight excluding hydrogens is 258 g/mol. The van der Waals surface area contributed by atoms with E-state index in [1.807, 2.05) is 19.9 Å². The molecule has 1 aliphatic carbocycles. The number of carboxylic acid groups (broad SMARTS) is 1. The molecule has 1 fully saturated rings. The summed E-state index contributed by atoms with van der Waals surface area (Å²) in [5.41, 5.74) is 1.23. The number of aliphatic carboxylic acids is 1. The zero-order valence-corrected chi connectivity index (χ0v) is 12.0. The van der Waals surface area contributed by atoms with Crippen LogP contribution in [0.2, 0.25) is 0 Å². The van der Waals surface area contributed by atoms with Gasteiger partial charge in [-0.1, -0.05) is 12.8 Å². The van der Waals surface area contributed by atoms with Gasteiger partial charge in [-0.25, -0.2) is 0 Å². The number of aryl methyl sites for hydroxylation is 2. The van der Waals surface area contributed by atoms with Gasteiger partial charge in [0.1, 0.15) is 6.54 Å². The maximum atomic E-state index is 12.2. The van der Waals surface area contributed by atoms with Crippen LogP contribution in [0.25, 0.3) is 0 Å². The molecule has 2 rings (SSSR count). The third-order valence-electron chi connectivity index (χ3n) is 3.85. The first kappa shape index (κ1) is 14.6. The van der Waals surface area contributed by atoms with Gasteiger partial charge in [-0.2, -0.15) is 5.10 Å². The zero-order valence-electron chi connectivity index (χ0n) is 12.0. The van der Waals surface area contributed by atoms with E-state index in [1.165, 1.54) is 0 Å². The quantitative estimate of drug-likeness (QED) is 0.853. The van der Waals surface area contributed by atoms with Crippen LogP contribution < -0.4 is 5.32 Å². The van der Waals surface area contributed by atoms with Gasteiger partial charge >= 0.3 is 5.97 Å². The molecule has 2 N–H and O–H groups in total. The van der Waals surface area contributed by atoms with Crippen molar-refractivity contribution in [3.8, 4) is 0 Å². The highest BCUT2D eigenvalue weighted by atomic mass is 16.4. The summed E-state index contributed by atoms with van der Waals surface area (Å²) >= 11 is 0. The molecule has 0 saturated heterocycles. The Labute approximate surface area is 118 Å². The summed E-state index contributed by atoms with van der Waals surface area (Å²) in [6.45, 7) is 3.92. The number of hydrogen-bond donors (Lipinski definition) is 2. The number of aromatic nitrogens is 2. The van der Waals surface area contributed by atoms with Crippen molar-refractivity contribution in [3.05, 3.63) is 17.5 Å². The summed E-state index contributed by atoms with van der Waals surface area (Å²) < 4.78 is 1.65. The maximum absolute atomic E-state index is 12.2. The van der Waals surface area contributed by atoms with Crippen LogP contribution in [-0.2, 0) is 16.1 Å². The highest BCUT2D eigenvalue weighted by molar-refractivity contribution is 5.78. The maximum Gasteiger partial charge on any atom is 0.305 e. The Morgan fingerprint density at radius 1 is 1.40 bits per heavy atom. The summed E-state index contributed by atoms with van der Waals surface area (Å²) in [6.07, 6.45) is 3.40. The van der Waals surface area contributed by atoms with Crippen LogP contribution >= 0.6 is 0 Å². The fourth-order valence-corrected chi connectivity index (χ4v) is 2.99. The molecule has 0 aliphatic heterocycles. The largest absolute Gasteiger partial charge is 0.481 e. The number of hydrogen-bond acceptors (Lipinski definition) is 3. The van der Waals surface area contributed by atoms with Gasteiger partial charge in [-0.3, -0.25) is 14.3 Å². The summed E-state index contributed by atoms with van der Waals surface area (Å²) in [7, 11) is 0. The van der Waals surface area contributed by atoms with Gasteiger partial charge in [-0.15, -0.1) is 0 Å². The van der Waals surface area contributed by atoms with Crippen LogP contribution in [-0.4, -0.2) is 32.3 Å². The van der Waals surface area contributed by atoms with Crippen molar-refractivity contribution in [2.75, 3.05) is 0 Å². The molecule has 1 saturated carbocycles. The Balaban J connectivity index is 2.02. The Bertz CT molecular complexity index is 516. The van der Waals surface area contributed by atoms with Crippen LogP contribution in [0.15, 0.2) is 6.07 Å². The van der Waals surface area contributed by atoms with Crippen molar-refractivity contribution in [2.45, 2.75) is 58.0 Å². The summed E-state index contributed by atoms with van der Waals surface area (Å²) in [5, 5.41) is 16.2. The lowest BCUT2D eigenvalue weighted by molar-refractivity contribution is -0.139. The predicted molar refractivity (Wildman–Crippen MR) is 73.3 cm³/mol. The van der Waals surface area contributed by atoms with E-state index in [1.54, 1.807) is 4.68 Å². The molecule has 1 aromatic heterocycles. The minimum atomic E-state index is -0.863. The van der Waals surface area contributed by atoms with Crippen molar-refractivity contribution < 1.29 is 14.7 Å². The molecule has 0 spiro atoms. The van der Waals surface area contributed by atoms with Gasteiger partial charge < -0.3 is 10.4 Å². The number of nitrogens with zero attached hydrogens (tertiary/aromatic N) is 2. The highest BCUT2D eigenvalue weighted by Crippen LogP contribution is 2.32. The molecule has 0 bridgehead atoms. The first-order valence-corrected chi connectivity index (χ1v) is 6.94. The van der Waals surface area contributed by atoms with Gasteiger partial charge in [0.15, 0.2) is 0 Å². The van der Waals surface area contributed by atoms with E-state index in [9.17, 15) is 9.59 Å². The monoisotopic (exact) mass is 279 g/mol. The fraction of sp³-hybridized carbons (Fsp3) is 0.643. The molecule has 1 amide bonds. The third kappa shape index (κ3) is 3.37. The minimum absolute atomic E-state index is 0.00411. The van der Waals surface area contributed by atoms with Gasteiger partial charge in [-0.05, 0) is 32.8 Å². The Morgan fingerprint density at radius 2 is 2.05 bits per heavy atom. The van der Waals surface area contributed by atoms with Crippen molar-refractivity contribution in [3.63, 3.8) is 0 Å². The third-order valence-corrected chi connectivity index (χ3v) is 3.85. The fourth-order valence-electron chi connectivity index (χ4n) is 2.99. The highest BCUT2D eigenvalue weighted by Gasteiger charge is 2.37. The molecule has 110 valence electrons. The molecule has 1 aromatic rings. The van der Waals surface area contributed by atoms with E-state index >= 15 is 0 Å². The van der Waals surface area contributed by atoms with Crippen molar-refractivity contribution in [2.24, 2.45) is 0 Å². The summed E-state index contributed by atoms with van der Waals surface area (Å²) in [4.78, 5) is 23.1. The number of nitrogens with one attached hydrogen (secondary N) is 1. The van der Waals surface area contributed by atoms with Crippen LogP contribution in [0.4, 0.5) is 0 Å². The number of rotatable bonds is 5. The normalized spacial score (nSPS) is 17.1. The second kappa shape index (κ2) is 5.64. The first-order chi connectivity index (χ1) is 9.40. The van der Waals surface area contributed by atoms with Gasteiger partial charge in [0, 0.05) is 5.69 Å². The predicted octanol–water partition coefficient (Wildman–Crippen LogP) is 1.40. The van der Waals surface area contributed by atoms with E-state index in [2.05, 4.69) is 10.4 Å². The molecule has 20 heavy (non-hydrogen) atoms. The Morgan fingerprint density at radius 3 is 2.55 bits per heavy atom. The molecule has 6 nitrogen and oxygen atoms in total. The van der Waals surface area contributed by atoms with E-state index in [-0.39, 0.29) is 18.9 Å². The SMILES string of the molecule is Cc1cc(C)n(CC(=O)NC2(CC(=O)O)CCCC2)n1. The second-order valence-electron chi connectivity index (χ2n) is 5.69. The van der Waals surface area contributed by atoms with Crippen LogP contribution in [0, 0.1) is 13.8 Å². The zero-order chi connectivity index (χ0) is 14.8. The second-order valence-corrected chi connectivity index (χ2v) is 5.69. The summed E-state index contributed by atoms with van der Waals surface area (Å²) in [5.74, 6) is -1.03. The van der Waals surface area contributed by atoms with Crippen LogP contribution in [0.1, 0.15) is 43.5 Å². The molecule has 1 aliphatic rings. The molecule has 0 aromatic carbocycles. The number of carboxylic acids is 1. The van der Waals surface area contributed by atoms with E-state index < -0.39 is 11.5 Å². The number of amides is 1. The van der Waals surface area contributed by atoms with E-state index in [0.717, 1.165) is 37.1 Å². The lowest BCUT2D eigenvalue weighted by Gasteiger charge is -2.28. The van der Waals surface area contributed by atoms with E-state index in [0.29, 0.717) is 0 Å². The van der Waals surface area contributed by atoms with Crippen LogP contribution in [0.5, 0.6) is 0 Å². The molecule has 6 heteroatoms. The van der Waals surface area contributed by atoms with Crippen molar-refractivity contribution in [1.82, 2.24) is 15.1 Å². The smallest absolute Gasteiger partial charge is 0.305 e. The van der Waals surface area contributed by atoms with Crippen molar-refractivity contribution >= 4 is 11.9 Å². The lowest BCUT2D eigenvalue weighted by Crippen LogP contribution is -2.49. The van der Waals surface area contributed by atoms with Gasteiger partial charge in [0.2, 0.25) is 5.91 Å². The molecule has 0 radical (unpaired) electrons. The minimum Gasteiger partial charge on any atom is -0.481 e. The van der Waals surface area contributed by atoms with Gasteiger partial charge in [0.25, 0.3) is 0 Å². The molecule has 0 atom stereocenters. The Hall–Kier alpha value is -1.85. The first-order valence-electron chi connectivity index (χ1n) is 6.94. The van der Waals surface area contributed by atoms with E-state index in [4.69, 9.17) is 5.11 Å². The summed E-state index contributed by atoms with van der Waals surface area (Å²) in [6, 6.07) is 1.91. The number of carbonyl (C=O) groups is 2. The van der Waals surface area contributed by atoms with Crippen LogP contribution in [0.3, 0.4) is 0 Å². The molecular formula is C14H21N3O3. The molecule has 0 unspecified atom stereocenters. The Kier molecular flexibility index (Phi) is 4.11. The molecule has 1 heterocycles. The number of carbonyl (C=O) groups excluding carboxylic acids is 1. The average Bonchev–Trinajstić information content (AvgIpc) is 2.86. The average molecular weight is 279 g/mol.